The van der Waals surface area contributed by atoms with E-state index in [1.54, 1.807) is 11.8 Å². The van der Waals surface area contributed by atoms with Gasteiger partial charge in [-0.2, -0.15) is 0 Å². The molecule has 3 nitrogen and oxygen atoms in total. The van der Waals surface area contributed by atoms with Crippen molar-refractivity contribution in [1.82, 2.24) is 10.2 Å². The van der Waals surface area contributed by atoms with Crippen LogP contribution in [0.15, 0.2) is 0 Å². The fraction of sp³-hybridized carbons (Fsp3) is 0.900. The summed E-state index contributed by atoms with van der Waals surface area (Å²) in [5.74, 6) is 2.14. The Morgan fingerprint density at radius 1 is 1.40 bits per heavy atom. The van der Waals surface area contributed by atoms with E-state index in [2.05, 4.69) is 19.2 Å². The molecule has 5 heteroatoms. The first-order valence-electron chi connectivity index (χ1n) is 5.39. The molecule has 0 aromatic rings. The van der Waals surface area contributed by atoms with E-state index in [9.17, 15) is 4.79 Å². The molecule has 0 bridgehead atoms. The van der Waals surface area contributed by atoms with E-state index in [-0.39, 0.29) is 18.4 Å². The van der Waals surface area contributed by atoms with Gasteiger partial charge >= 0.3 is 0 Å². The standard InChI is InChI=1S/C10H20N2OS.ClH/c1-3-5-12(6-4-2)10(13)9-7-14-8-11-9;/h9,11H,3-8H2,1-2H3;1H. The van der Waals surface area contributed by atoms with Crippen molar-refractivity contribution in [1.29, 1.82) is 0 Å². The smallest absolute Gasteiger partial charge is 0.240 e. The van der Waals surface area contributed by atoms with Crippen molar-refractivity contribution in [3.63, 3.8) is 0 Å². The highest BCUT2D eigenvalue weighted by molar-refractivity contribution is 7.99. The van der Waals surface area contributed by atoms with E-state index in [1.807, 2.05) is 4.90 Å². The Morgan fingerprint density at radius 2 is 2.00 bits per heavy atom. The average Bonchev–Trinajstić information content (AvgIpc) is 2.69. The van der Waals surface area contributed by atoms with E-state index in [1.165, 1.54) is 0 Å². The lowest BCUT2D eigenvalue weighted by Gasteiger charge is -2.24. The zero-order chi connectivity index (χ0) is 10.4. The molecule has 1 fully saturated rings. The van der Waals surface area contributed by atoms with Crippen LogP contribution in [-0.4, -0.2) is 41.6 Å². The van der Waals surface area contributed by atoms with Crippen molar-refractivity contribution < 1.29 is 4.79 Å². The second-order valence-electron chi connectivity index (χ2n) is 3.60. The minimum absolute atomic E-state index is 0. The zero-order valence-corrected chi connectivity index (χ0v) is 11.1. The van der Waals surface area contributed by atoms with Crippen LogP contribution < -0.4 is 5.32 Å². The van der Waals surface area contributed by atoms with Crippen LogP contribution in [0.5, 0.6) is 0 Å². The molecule has 1 heterocycles. The van der Waals surface area contributed by atoms with E-state index in [0.717, 1.165) is 37.6 Å². The Morgan fingerprint density at radius 3 is 2.40 bits per heavy atom. The van der Waals surface area contributed by atoms with Gasteiger partial charge in [-0.05, 0) is 12.8 Å². The molecule has 90 valence electrons. The van der Waals surface area contributed by atoms with Crippen molar-refractivity contribution in [3.05, 3.63) is 0 Å². The van der Waals surface area contributed by atoms with Gasteiger partial charge in [-0.15, -0.1) is 24.2 Å². The number of nitrogens with zero attached hydrogens (tertiary/aromatic N) is 1. The highest BCUT2D eigenvalue weighted by Crippen LogP contribution is 2.12. The molecule has 0 radical (unpaired) electrons. The molecule has 15 heavy (non-hydrogen) atoms. The number of rotatable bonds is 5. The number of hydrogen-bond acceptors (Lipinski definition) is 3. The van der Waals surface area contributed by atoms with E-state index in [0.29, 0.717) is 5.91 Å². The Kier molecular flexibility index (Phi) is 8.29. The third kappa shape index (κ3) is 4.62. The lowest BCUT2D eigenvalue weighted by atomic mass is 10.2. The molecule has 0 aromatic heterocycles. The minimum atomic E-state index is 0. The summed E-state index contributed by atoms with van der Waals surface area (Å²) in [7, 11) is 0. The fourth-order valence-corrected chi connectivity index (χ4v) is 2.58. The van der Waals surface area contributed by atoms with Crippen LogP contribution in [0.3, 0.4) is 0 Å². The Balaban J connectivity index is 0.00000196. The number of nitrogens with one attached hydrogen (secondary N) is 1. The summed E-state index contributed by atoms with van der Waals surface area (Å²) in [5.41, 5.74) is 0. The van der Waals surface area contributed by atoms with Gasteiger partial charge in [0, 0.05) is 24.7 Å². The number of hydrogen-bond donors (Lipinski definition) is 1. The second-order valence-corrected chi connectivity index (χ2v) is 4.63. The average molecular weight is 253 g/mol. The first-order chi connectivity index (χ1) is 6.79. The lowest BCUT2D eigenvalue weighted by molar-refractivity contribution is -0.132. The van der Waals surface area contributed by atoms with Gasteiger partial charge in [0.25, 0.3) is 0 Å². The number of amides is 1. The summed E-state index contributed by atoms with van der Waals surface area (Å²) in [6.45, 7) is 6.03. The zero-order valence-electron chi connectivity index (χ0n) is 9.49. The number of halogens is 1. The predicted molar refractivity (Wildman–Crippen MR) is 68.7 cm³/mol. The molecule has 1 aliphatic heterocycles. The van der Waals surface area contributed by atoms with Gasteiger partial charge in [-0.25, -0.2) is 0 Å². The van der Waals surface area contributed by atoms with Crippen molar-refractivity contribution in [2.24, 2.45) is 0 Å². The highest BCUT2D eigenvalue weighted by atomic mass is 35.5. The van der Waals surface area contributed by atoms with Crippen LogP contribution in [0.2, 0.25) is 0 Å². The number of thioether (sulfide) groups is 1. The maximum absolute atomic E-state index is 12.0. The molecule has 0 saturated carbocycles. The number of carbonyl (C=O) groups is 1. The third-order valence-corrected chi connectivity index (χ3v) is 3.25. The lowest BCUT2D eigenvalue weighted by Crippen LogP contribution is -2.45. The molecular weight excluding hydrogens is 232 g/mol. The molecule has 1 rings (SSSR count). The topological polar surface area (TPSA) is 32.3 Å². The molecule has 0 aromatic carbocycles. The molecule has 1 N–H and O–H groups in total. The first-order valence-corrected chi connectivity index (χ1v) is 6.55. The van der Waals surface area contributed by atoms with Crippen molar-refractivity contribution in [3.8, 4) is 0 Å². The molecule has 0 spiro atoms. The van der Waals surface area contributed by atoms with E-state index in [4.69, 9.17) is 0 Å². The SMILES string of the molecule is CCCN(CCC)C(=O)C1CSCN1.Cl. The second kappa shape index (κ2) is 8.25. The fourth-order valence-electron chi connectivity index (χ4n) is 1.65. The molecule has 1 saturated heterocycles. The maximum atomic E-state index is 12.0. The molecule has 1 atom stereocenters. The molecule has 0 aliphatic carbocycles. The maximum Gasteiger partial charge on any atom is 0.240 e. The largest absolute Gasteiger partial charge is 0.341 e. The Hall–Kier alpha value is 0.0700. The molecule has 1 aliphatic rings. The van der Waals surface area contributed by atoms with E-state index < -0.39 is 0 Å². The summed E-state index contributed by atoms with van der Waals surface area (Å²) in [4.78, 5) is 14.0. The summed E-state index contributed by atoms with van der Waals surface area (Å²) in [6, 6.07) is 0.0677. The van der Waals surface area contributed by atoms with Gasteiger partial charge in [0.2, 0.25) is 5.91 Å². The quantitative estimate of drug-likeness (QED) is 0.809. The minimum Gasteiger partial charge on any atom is -0.341 e. The van der Waals surface area contributed by atoms with Crippen molar-refractivity contribution in [2.75, 3.05) is 24.7 Å². The van der Waals surface area contributed by atoms with Gasteiger partial charge < -0.3 is 4.90 Å². The van der Waals surface area contributed by atoms with Gasteiger partial charge in [0.05, 0.1) is 6.04 Å². The molecule has 1 amide bonds. The molecule has 1 unspecified atom stereocenters. The van der Waals surface area contributed by atoms with Gasteiger partial charge in [-0.3, -0.25) is 10.1 Å². The van der Waals surface area contributed by atoms with Crippen molar-refractivity contribution in [2.45, 2.75) is 32.7 Å². The first kappa shape index (κ1) is 15.1. The Bertz CT molecular complexity index is 180. The van der Waals surface area contributed by atoms with Crippen LogP contribution in [0.1, 0.15) is 26.7 Å². The van der Waals surface area contributed by atoms with Gasteiger partial charge in [0.15, 0.2) is 0 Å². The summed E-state index contributed by atoms with van der Waals surface area (Å²) >= 11 is 1.81. The monoisotopic (exact) mass is 252 g/mol. The Labute approximate surface area is 103 Å². The highest BCUT2D eigenvalue weighted by Gasteiger charge is 2.26. The van der Waals surface area contributed by atoms with Crippen LogP contribution in [0, 0.1) is 0 Å². The van der Waals surface area contributed by atoms with Crippen LogP contribution in [0.4, 0.5) is 0 Å². The third-order valence-electron chi connectivity index (χ3n) is 2.31. The normalized spacial score (nSPS) is 19.7. The van der Waals surface area contributed by atoms with Gasteiger partial charge in [-0.1, -0.05) is 13.8 Å². The van der Waals surface area contributed by atoms with Crippen LogP contribution in [0.25, 0.3) is 0 Å². The van der Waals surface area contributed by atoms with E-state index >= 15 is 0 Å². The van der Waals surface area contributed by atoms with Crippen LogP contribution >= 0.6 is 24.2 Å². The summed E-state index contributed by atoms with van der Waals surface area (Å²) in [5, 5.41) is 3.23. The summed E-state index contributed by atoms with van der Waals surface area (Å²) < 4.78 is 0. The summed E-state index contributed by atoms with van der Waals surface area (Å²) in [6.07, 6.45) is 2.09. The number of carbonyl (C=O) groups excluding carboxylic acids is 1. The van der Waals surface area contributed by atoms with Crippen molar-refractivity contribution >= 4 is 30.1 Å². The van der Waals surface area contributed by atoms with Gasteiger partial charge in [0.1, 0.15) is 0 Å². The van der Waals surface area contributed by atoms with Crippen LogP contribution in [-0.2, 0) is 4.79 Å². The molecular formula is C10H21ClN2OS. The predicted octanol–water partition coefficient (Wildman–Crippen LogP) is 1.72.